The Morgan fingerprint density at radius 2 is 1.94 bits per heavy atom. The smallest absolute Gasteiger partial charge is 0.150 e. The fourth-order valence-corrected chi connectivity index (χ4v) is 2.39. The molecule has 5 heteroatoms. The quantitative estimate of drug-likeness (QED) is 0.801. The molecule has 5 nitrogen and oxygen atoms in total. The first kappa shape index (κ1) is 12.8. The zero-order valence-corrected chi connectivity index (χ0v) is 11.0. The average molecular weight is 245 g/mol. The summed E-state index contributed by atoms with van der Waals surface area (Å²) in [6.45, 7) is 7.71. The van der Waals surface area contributed by atoms with E-state index < -0.39 is 0 Å². The predicted molar refractivity (Wildman–Crippen MR) is 70.2 cm³/mol. The third-order valence-corrected chi connectivity index (χ3v) is 3.45. The van der Waals surface area contributed by atoms with Crippen LogP contribution in [0.2, 0.25) is 0 Å². The molecule has 0 amide bonds. The molecule has 1 aromatic heterocycles. The fraction of sp³-hybridized carbons (Fsp3) is 0.615. The lowest BCUT2D eigenvalue weighted by Crippen LogP contribution is -2.50. The van der Waals surface area contributed by atoms with Gasteiger partial charge in [0.2, 0.25) is 0 Å². The lowest BCUT2D eigenvalue weighted by Gasteiger charge is -2.37. The van der Waals surface area contributed by atoms with Gasteiger partial charge in [-0.1, -0.05) is 6.92 Å². The van der Waals surface area contributed by atoms with E-state index in [4.69, 9.17) is 5.26 Å². The van der Waals surface area contributed by atoms with Gasteiger partial charge in [-0.05, 0) is 13.3 Å². The van der Waals surface area contributed by atoms with Crippen molar-refractivity contribution in [3.05, 3.63) is 18.1 Å². The molecule has 2 rings (SSSR count). The molecule has 0 N–H and O–H groups in total. The van der Waals surface area contributed by atoms with Crippen molar-refractivity contribution in [3.8, 4) is 6.07 Å². The van der Waals surface area contributed by atoms with Crippen LogP contribution in [0.4, 0.5) is 5.82 Å². The molecular weight excluding hydrogens is 226 g/mol. The van der Waals surface area contributed by atoms with Crippen molar-refractivity contribution in [3.63, 3.8) is 0 Å². The number of anilines is 1. The summed E-state index contributed by atoms with van der Waals surface area (Å²) < 4.78 is 0. The Labute approximate surface area is 108 Å². The molecule has 1 aliphatic rings. The van der Waals surface area contributed by atoms with Crippen LogP contribution in [0, 0.1) is 18.3 Å². The molecule has 0 radical (unpaired) electrons. The lowest BCUT2D eigenvalue weighted by atomic mass is 10.2. The van der Waals surface area contributed by atoms with E-state index in [2.05, 4.69) is 32.8 Å². The Balaban J connectivity index is 1.99. The number of aryl methyl sites for hydroxylation is 1. The van der Waals surface area contributed by atoms with Gasteiger partial charge in [0.25, 0.3) is 0 Å². The second-order valence-corrected chi connectivity index (χ2v) is 4.54. The minimum atomic E-state index is 0.0510. The highest BCUT2D eigenvalue weighted by Crippen LogP contribution is 2.17. The SMILES string of the molecule is CCC(C#N)N1CCN(c2nccnc2C)CC1. The minimum absolute atomic E-state index is 0.0510. The van der Waals surface area contributed by atoms with E-state index in [9.17, 15) is 0 Å². The van der Waals surface area contributed by atoms with Crippen molar-refractivity contribution in [1.29, 1.82) is 5.26 Å². The first-order valence-corrected chi connectivity index (χ1v) is 6.42. The van der Waals surface area contributed by atoms with E-state index in [1.54, 1.807) is 12.4 Å². The molecular formula is C13H19N5. The van der Waals surface area contributed by atoms with Gasteiger partial charge in [0, 0.05) is 38.6 Å². The number of nitriles is 1. The zero-order valence-electron chi connectivity index (χ0n) is 11.0. The molecule has 18 heavy (non-hydrogen) atoms. The summed E-state index contributed by atoms with van der Waals surface area (Å²) in [5.74, 6) is 0.974. The molecule has 2 heterocycles. The molecule has 1 atom stereocenters. The van der Waals surface area contributed by atoms with E-state index in [-0.39, 0.29) is 6.04 Å². The number of nitrogens with zero attached hydrogens (tertiary/aromatic N) is 5. The minimum Gasteiger partial charge on any atom is -0.353 e. The van der Waals surface area contributed by atoms with Gasteiger partial charge in [0.15, 0.2) is 0 Å². The van der Waals surface area contributed by atoms with Crippen LogP contribution in [0.3, 0.4) is 0 Å². The van der Waals surface area contributed by atoms with Gasteiger partial charge in [-0.25, -0.2) is 4.98 Å². The van der Waals surface area contributed by atoms with Gasteiger partial charge in [-0.3, -0.25) is 9.88 Å². The molecule has 0 aromatic carbocycles. The number of aromatic nitrogens is 2. The van der Waals surface area contributed by atoms with Crippen LogP contribution in [-0.4, -0.2) is 47.1 Å². The second kappa shape index (κ2) is 5.78. The van der Waals surface area contributed by atoms with Gasteiger partial charge in [0.05, 0.1) is 17.8 Å². The van der Waals surface area contributed by atoms with Crippen LogP contribution >= 0.6 is 0 Å². The summed E-state index contributed by atoms with van der Waals surface area (Å²) in [6.07, 6.45) is 4.34. The van der Waals surface area contributed by atoms with Crippen molar-refractivity contribution < 1.29 is 0 Å². The Bertz CT molecular complexity index is 431. The molecule has 96 valence electrons. The molecule has 1 aromatic rings. The maximum Gasteiger partial charge on any atom is 0.150 e. The highest BCUT2D eigenvalue weighted by atomic mass is 15.3. The third-order valence-electron chi connectivity index (χ3n) is 3.45. The Kier molecular flexibility index (Phi) is 4.11. The van der Waals surface area contributed by atoms with Gasteiger partial charge >= 0.3 is 0 Å². The fourth-order valence-electron chi connectivity index (χ4n) is 2.39. The highest BCUT2D eigenvalue weighted by Gasteiger charge is 2.23. The number of piperazine rings is 1. The van der Waals surface area contributed by atoms with Crippen LogP contribution < -0.4 is 4.90 Å². The largest absolute Gasteiger partial charge is 0.353 e. The number of rotatable bonds is 3. The maximum absolute atomic E-state index is 9.08. The Morgan fingerprint density at radius 1 is 1.28 bits per heavy atom. The van der Waals surface area contributed by atoms with Crippen LogP contribution in [-0.2, 0) is 0 Å². The van der Waals surface area contributed by atoms with Crippen LogP contribution in [0.5, 0.6) is 0 Å². The van der Waals surface area contributed by atoms with E-state index in [1.807, 2.05) is 6.92 Å². The molecule has 0 saturated carbocycles. The lowest BCUT2D eigenvalue weighted by molar-refractivity contribution is 0.216. The summed E-state index contributed by atoms with van der Waals surface area (Å²) in [6, 6.07) is 2.42. The van der Waals surface area contributed by atoms with Crippen LogP contribution in [0.25, 0.3) is 0 Å². The van der Waals surface area contributed by atoms with Gasteiger partial charge in [-0.2, -0.15) is 5.26 Å². The van der Waals surface area contributed by atoms with Crippen molar-refractivity contribution >= 4 is 5.82 Å². The Morgan fingerprint density at radius 3 is 2.50 bits per heavy atom. The first-order chi connectivity index (χ1) is 8.76. The standard InChI is InChI=1S/C13H19N5/c1-3-12(10-14)17-6-8-18(9-7-17)13-11(2)15-4-5-16-13/h4-5,12H,3,6-9H2,1-2H3. The number of hydrogen-bond donors (Lipinski definition) is 0. The summed E-state index contributed by atoms with van der Waals surface area (Å²) >= 11 is 0. The summed E-state index contributed by atoms with van der Waals surface area (Å²) in [7, 11) is 0. The zero-order chi connectivity index (χ0) is 13.0. The molecule has 0 spiro atoms. The average Bonchev–Trinajstić information content (AvgIpc) is 2.42. The first-order valence-electron chi connectivity index (χ1n) is 6.42. The third kappa shape index (κ3) is 2.59. The van der Waals surface area contributed by atoms with E-state index in [1.165, 1.54) is 0 Å². The predicted octanol–water partition coefficient (Wildman–Crippen LogP) is 1.21. The molecule has 1 unspecified atom stereocenters. The highest BCUT2D eigenvalue weighted by molar-refractivity contribution is 5.42. The normalized spacial score (nSPS) is 18.4. The van der Waals surface area contributed by atoms with Crippen molar-refractivity contribution in [2.75, 3.05) is 31.1 Å². The summed E-state index contributed by atoms with van der Waals surface area (Å²) in [5, 5.41) is 9.08. The van der Waals surface area contributed by atoms with Crippen molar-refractivity contribution in [2.45, 2.75) is 26.3 Å². The van der Waals surface area contributed by atoms with Crippen molar-refractivity contribution in [1.82, 2.24) is 14.9 Å². The monoisotopic (exact) mass is 245 g/mol. The molecule has 1 aliphatic heterocycles. The maximum atomic E-state index is 9.08. The van der Waals surface area contributed by atoms with E-state index >= 15 is 0 Å². The van der Waals surface area contributed by atoms with Crippen LogP contribution in [0.15, 0.2) is 12.4 Å². The topological polar surface area (TPSA) is 56.1 Å². The second-order valence-electron chi connectivity index (χ2n) is 4.54. The molecule has 1 saturated heterocycles. The number of hydrogen-bond acceptors (Lipinski definition) is 5. The molecule has 0 aliphatic carbocycles. The van der Waals surface area contributed by atoms with Gasteiger partial charge < -0.3 is 4.90 Å². The Hall–Kier alpha value is -1.67. The van der Waals surface area contributed by atoms with Gasteiger partial charge in [0.1, 0.15) is 5.82 Å². The van der Waals surface area contributed by atoms with Crippen molar-refractivity contribution in [2.24, 2.45) is 0 Å². The van der Waals surface area contributed by atoms with Gasteiger partial charge in [-0.15, -0.1) is 0 Å². The van der Waals surface area contributed by atoms with Crippen LogP contribution in [0.1, 0.15) is 19.0 Å². The van der Waals surface area contributed by atoms with E-state index in [0.717, 1.165) is 44.1 Å². The molecule has 1 fully saturated rings. The van der Waals surface area contributed by atoms with E-state index in [0.29, 0.717) is 0 Å². The molecule has 0 bridgehead atoms. The summed E-state index contributed by atoms with van der Waals surface area (Å²) in [4.78, 5) is 13.2. The summed E-state index contributed by atoms with van der Waals surface area (Å²) in [5.41, 5.74) is 0.971.